The zero-order chi connectivity index (χ0) is 12.0. The Morgan fingerprint density at radius 3 is 2.88 bits per heavy atom. The Morgan fingerprint density at radius 2 is 2.25 bits per heavy atom. The highest BCUT2D eigenvalue weighted by Crippen LogP contribution is 2.21. The first-order valence-electron chi connectivity index (χ1n) is 5.51. The van der Waals surface area contributed by atoms with E-state index in [0.29, 0.717) is 6.61 Å². The normalized spacial score (nSPS) is 10.9. The number of aryl methyl sites for hydroxylation is 1. The van der Waals surface area contributed by atoms with Crippen LogP contribution in [0, 0.1) is 23.7 Å². The first-order valence-corrected chi connectivity index (χ1v) is 5.51. The monoisotopic (exact) mass is 218 g/mol. The van der Waals surface area contributed by atoms with Crippen molar-refractivity contribution in [2.24, 2.45) is 5.41 Å². The van der Waals surface area contributed by atoms with Gasteiger partial charge in [-0.3, -0.25) is 4.98 Å². The third-order valence-electron chi connectivity index (χ3n) is 2.46. The van der Waals surface area contributed by atoms with Crippen molar-refractivity contribution in [3.63, 3.8) is 0 Å². The van der Waals surface area contributed by atoms with Gasteiger partial charge in [0.1, 0.15) is 5.75 Å². The van der Waals surface area contributed by atoms with E-state index in [4.69, 9.17) is 10.00 Å². The van der Waals surface area contributed by atoms with Gasteiger partial charge in [-0.25, -0.2) is 0 Å². The van der Waals surface area contributed by atoms with Gasteiger partial charge in [0.2, 0.25) is 0 Å². The largest absolute Gasteiger partial charge is 0.492 e. The van der Waals surface area contributed by atoms with Gasteiger partial charge in [0.05, 0.1) is 23.8 Å². The molecule has 3 nitrogen and oxygen atoms in total. The van der Waals surface area contributed by atoms with Crippen molar-refractivity contribution < 1.29 is 4.74 Å². The number of hydrogen-bond donors (Lipinski definition) is 0. The molecule has 1 aromatic rings. The quantitative estimate of drug-likeness (QED) is 0.713. The molecule has 0 saturated carbocycles. The van der Waals surface area contributed by atoms with Crippen LogP contribution in [0.5, 0.6) is 5.75 Å². The number of ether oxygens (including phenoxy) is 1. The minimum Gasteiger partial charge on any atom is -0.492 e. The van der Waals surface area contributed by atoms with Crippen LogP contribution in [-0.4, -0.2) is 11.6 Å². The highest BCUT2D eigenvalue weighted by Gasteiger charge is 2.15. The van der Waals surface area contributed by atoms with Crippen LogP contribution >= 0.6 is 0 Å². The predicted molar refractivity (Wildman–Crippen MR) is 63.1 cm³/mol. The van der Waals surface area contributed by atoms with Crippen LogP contribution in [-0.2, 0) is 0 Å². The standard InChI is InChI=1S/C13H18N2O/c1-11-12(6-4-8-15-11)16-9-5-7-13(2,3)10-14/h4,6,8H,5,7,9H2,1-3H3. The number of hydrogen-bond acceptors (Lipinski definition) is 3. The van der Waals surface area contributed by atoms with Gasteiger partial charge in [-0.1, -0.05) is 0 Å². The van der Waals surface area contributed by atoms with Crippen LogP contribution in [0.4, 0.5) is 0 Å². The average Bonchev–Trinajstić information content (AvgIpc) is 2.27. The molecule has 0 radical (unpaired) electrons. The molecule has 0 aliphatic heterocycles. The summed E-state index contributed by atoms with van der Waals surface area (Å²) in [4.78, 5) is 4.15. The summed E-state index contributed by atoms with van der Waals surface area (Å²) >= 11 is 0. The Bertz CT molecular complexity index is 380. The van der Waals surface area contributed by atoms with E-state index >= 15 is 0 Å². The van der Waals surface area contributed by atoms with E-state index in [1.807, 2.05) is 32.9 Å². The lowest BCUT2D eigenvalue weighted by molar-refractivity contribution is 0.281. The second-order valence-electron chi connectivity index (χ2n) is 4.53. The Labute approximate surface area is 97.1 Å². The number of rotatable bonds is 5. The Balaban J connectivity index is 2.33. The number of nitriles is 1. The fourth-order valence-corrected chi connectivity index (χ4v) is 1.37. The molecule has 0 saturated heterocycles. The van der Waals surface area contributed by atoms with Crippen molar-refractivity contribution in [2.75, 3.05) is 6.61 Å². The Morgan fingerprint density at radius 1 is 1.50 bits per heavy atom. The van der Waals surface area contributed by atoms with Gasteiger partial charge in [0, 0.05) is 6.20 Å². The van der Waals surface area contributed by atoms with Gasteiger partial charge in [0.15, 0.2) is 0 Å². The molecule has 0 aromatic carbocycles. The summed E-state index contributed by atoms with van der Waals surface area (Å²) in [5.74, 6) is 0.831. The molecule has 86 valence electrons. The molecule has 0 bridgehead atoms. The average molecular weight is 218 g/mol. The zero-order valence-electron chi connectivity index (χ0n) is 10.2. The van der Waals surface area contributed by atoms with E-state index in [9.17, 15) is 0 Å². The minimum absolute atomic E-state index is 0.257. The van der Waals surface area contributed by atoms with Crippen molar-refractivity contribution in [1.29, 1.82) is 5.26 Å². The van der Waals surface area contributed by atoms with E-state index in [-0.39, 0.29) is 5.41 Å². The summed E-state index contributed by atoms with van der Waals surface area (Å²) in [6.45, 7) is 6.46. The third-order valence-corrected chi connectivity index (χ3v) is 2.46. The third kappa shape index (κ3) is 3.90. The number of pyridine rings is 1. The van der Waals surface area contributed by atoms with Crippen LogP contribution < -0.4 is 4.74 Å². The smallest absolute Gasteiger partial charge is 0.140 e. The maximum atomic E-state index is 8.85. The van der Waals surface area contributed by atoms with Gasteiger partial charge < -0.3 is 4.74 Å². The molecule has 0 N–H and O–H groups in total. The van der Waals surface area contributed by atoms with Crippen LogP contribution in [0.2, 0.25) is 0 Å². The summed E-state index contributed by atoms with van der Waals surface area (Å²) in [6.07, 6.45) is 3.48. The van der Waals surface area contributed by atoms with E-state index in [1.54, 1.807) is 6.20 Å². The van der Waals surface area contributed by atoms with Crippen LogP contribution in [0.1, 0.15) is 32.4 Å². The fraction of sp³-hybridized carbons (Fsp3) is 0.538. The molecular formula is C13H18N2O. The summed E-state index contributed by atoms with van der Waals surface area (Å²) in [6, 6.07) is 6.06. The Hall–Kier alpha value is -1.56. The zero-order valence-corrected chi connectivity index (χ0v) is 10.2. The molecule has 0 unspecified atom stereocenters. The first kappa shape index (κ1) is 12.5. The van der Waals surface area contributed by atoms with Crippen molar-refractivity contribution >= 4 is 0 Å². The first-order chi connectivity index (χ1) is 7.55. The van der Waals surface area contributed by atoms with E-state index in [2.05, 4.69) is 11.1 Å². The van der Waals surface area contributed by atoms with Gasteiger partial charge >= 0.3 is 0 Å². The van der Waals surface area contributed by atoms with Crippen molar-refractivity contribution in [3.05, 3.63) is 24.0 Å². The molecule has 0 spiro atoms. The summed E-state index contributed by atoms with van der Waals surface area (Å²) in [5, 5.41) is 8.85. The molecule has 3 heteroatoms. The van der Waals surface area contributed by atoms with Crippen LogP contribution in [0.25, 0.3) is 0 Å². The fourth-order valence-electron chi connectivity index (χ4n) is 1.37. The number of aromatic nitrogens is 1. The van der Waals surface area contributed by atoms with Gasteiger partial charge in [-0.05, 0) is 45.7 Å². The number of nitrogens with zero attached hydrogens (tertiary/aromatic N) is 2. The second-order valence-corrected chi connectivity index (χ2v) is 4.53. The molecule has 0 aliphatic carbocycles. The molecule has 1 heterocycles. The lowest BCUT2D eigenvalue weighted by Crippen LogP contribution is -2.10. The maximum Gasteiger partial charge on any atom is 0.140 e. The van der Waals surface area contributed by atoms with Gasteiger partial charge in [-0.2, -0.15) is 5.26 Å². The molecular weight excluding hydrogens is 200 g/mol. The van der Waals surface area contributed by atoms with E-state index in [0.717, 1.165) is 24.3 Å². The molecule has 1 aromatic heterocycles. The van der Waals surface area contributed by atoms with Gasteiger partial charge in [-0.15, -0.1) is 0 Å². The molecule has 1 rings (SSSR count). The topological polar surface area (TPSA) is 45.9 Å². The SMILES string of the molecule is Cc1ncccc1OCCCC(C)(C)C#N. The van der Waals surface area contributed by atoms with E-state index < -0.39 is 0 Å². The van der Waals surface area contributed by atoms with Crippen LogP contribution in [0.15, 0.2) is 18.3 Å². The summed E-state index contributed by atoms with van der Waals surface area (Å²) in [7, 11) is 0. The highest BCUT2D eigenvalue weighted by molar-refractivity contribution is 5.25. The molecule has 0 amide bonds. The van der Waals surface area contributed by atoms with E-state index in [1.165, 1.54) is 0 Å². The van der Waals surface area contributed by atoms with Crippen molar-refractivity contribution in [1.82, 2.24) is 4.98 Å². The second kappa shape index (κ2) is 5.50. The van der Waals surface area contributed by atoms with Crippen molar-refractivity contribution in [2.45, 2.75) is 33.6 Å². The van der Waals surface area contributed by atoms with Gasteiger partial charge in [0.25, 0.3) is 0 Å². The highest BCUT2D eigenvalue weighted by atomic mass is 16.5. The molecule has 0 atom stereocenters. The minimum atomic E-state index is -0.257. The molecule has 0 aliphatic rings. The predicted octanol–water partition coefficient (Wildman–Crippen LogP) is 3.10. The maximum absolute atomic E-state index is 8.85. The Kier molecular flexibility index (Phi) is 4.30. The summed E-state index contributed by atoms with van der Waals surface area (Å²) in [5.41, 5.74) is 0.648. The van der Waals surface area contributed by atoms with Crippen molar-refractivity contribution in [3.8, 4) is 11.8 Å². The summed E-state index contributed by atoms with van der Waals surface area (Å²) < 4.78 is 5.60. The lowest BCUT2D eigenvalue weighted by Gasteiger charge is -2.15. The van der Waals surface area contributed by atoms with Crippen LogP contribution in [0.3, 0.4) is 0 Å². The molecule has 0 fully saturated rings. The lowest BCUT2D eigenvalue weighted by atomic mass is 9.90. The molecule has 16 heavy (non-hydrogen) atoms.